The van der Waals surface area contributed by atoms with Crippen LogP contribution < -0.4 is 10.1 Å². The van der Waals surface area contributed by atoms with Crippen LogP contribution in [0.25, 0.3) is 0 Å². The average molecular weight is 254 g/mol. The standard InChI is InChI=1S/C14H20ClNO/c1-2-5-13(11-8-9-16-10-11)17-14-7-4-3-6-12(14)15/h3-4,6-7,11,13,16H,2,5,8-10H2,1H3/t11-,13-/m0/s1. The second-order valence-corrected chi connectivity index (χ2v) is 5.04. The minimum atomic E-state index is 0.287. The van der Waals surface area contributed by atoms with Crippen molar-refractivity contribution in [2.45, 2.75) is 32.3 Å². The molecule has 0 unspecified atom stereocenters. The molecule has 1 N–H and O–H groups in total. The molecule has 1 fully saturated rings. The Balaban J connectivity index is 2.04. The van der Waals surface area contributed by atoms with Gasteiger partial charge >= 0.3 is 0 Å². The van der Waals surface area contributed by atoms with Crippen molar-refractivity contribution in [1.29, 1.82) is 0 Å². The third-order valence-electron chi connectivity index (χ3n) is 3.31. The summed E-state index contributed by atoms with van der Waals surface area (Å²) in [5.41, 5.74) is 0. The molecular weight excluding hydrogens is 234 g/mol. The number of rotatable bonds is 5. The molecule has 17 heavy (non-hydrogen) atoms. The van der Waals surface area contributed by atoms with Crippen molar-refractivity contribution in [3.63, 3.8) is 0 Å². The summed E-state index contributed by atoms with van der Waals surface area (Å²) in [4.78, 5) is 0. The first-order valence-corrected chi connectivity index (χ1v) is 6.81. The van der Waals surface area contributed by atoms with E-state index >= 15 is 0 Å². The Morgan fingerprint density at radius 3 is 2.94 bits per heavy atom. The van der Waals surface area contributed by atoms with Gasteiger partial charge < -0.3 is 10.1 Å². The summed E-state index contributed by atoms with van der Waals surface area (Å²) in [7, 11) is 0. The molecule has 1 aromatic carbocycles. The highest BCUT2D eigenvalue weighted by Gasteiger charge is 2.26. The summed E-state index contributed by atoms with van der Waals surface area (Å²) in [5.74, 6) is 1.44. The van der Waals surface area contributed by atoms with E-state index < -0.39 is 0 Å². The van der Waals surface area contributed by atoms with Crippen molar-refractivity contribution in [3.8, 4) is 5.75 Å². The molecule has 1 aliphatic rings. The Morgan fingerprint density at radius 1 is 1.47 bits per heavy atom. The van der Waals surface area contributed by atoms with Crippen LogP contribution >= 0.6 is 11.6 Å². The number of para-hydroxylation sites is 1. The molecule has 1 aliphatic heterocycles. The second-order valence-electron chi connectivity index (χ2n) is 4.63. The number of benzene rings is 1. The van der Waals surface area contributed by atoms with E-state index in [0.717, 1.165) is 31.7 Å². The van der Waals surface area contributed by atoms with E-state index in [-0.39, 0.29) is 6.10 Å². The highest BCUT2D eigenvalue weighted by Crippen LogP contribution is 2.28. The van der Waals surface area contributed by atoms with E-state index in [1.807, 2.05) is 24.3 Å². The van der Waals surface area contributed by atoms with Crippen molar-refractivity contribution >= 4 is 11.6 Å². The van der Waals surface area contributed by atoms with Crippen molar-refractivity contribution in [2.24, 2.45) is 5.92 Å². The van der Waals surface area contributed by atoms with Crippen molar-refractivity contribution in [2.75, 3.05) is 13.1 Å². The molecule has 0 aliphatic carbocycles. The number of nitrogens with one attached hydrogen (secondary N) is 1. The first-order valence-electron chi connectivity index (χ1n) is 6.43. The highest BCUT2D eigenvalue weighted by molar-refractivity contribution is 6.32. The van der Waals surface area contributed by atoms with Crippen LogP contribution in [0.2, 0.25) is 5.02 Å². The monoisotopic (exact) mass is 253 g/mol. The Morgan fingerprint density at radius 2 is 2.29 bits per heavy atom. The molecule has 94 valence electrons. The summed E-state index contributed by atoms with van der Waals surface area (Å²) in [6, 6.07) is 7.73. The average Bonchev–Trinajstić information content (AvgIpc) is 2.85. The molecule has 1 saturated heterocycles. The fourth-order valence-corrected chi connectivity index (χ4v) is 2.55. The van der Waals surface area contributed by atoms with Gasteiger partial charge in [0.15, 0.2) is 0 Å². The summed E-state index contributed by atoms with van der Waals surface area (Å²) in [5, 5.41) is 4.11. The van der Waals surface area contributed by atoms with Crippen LogP contribution in [0, 0.1) is 5.92 Å². The van der Waals surface area contributed by atoms with Gasteiger partial charge in [0, 0.05) is 12.5 Å². The Kier molecular flexibility index (Phi) is 4.69. The zero-order chi connectivity index (χ0) is 12.1. The van der Waals surface area contributed by atoms with Gasteiger partial charge in [-0.25, -0.2) is 0 Å². The third-order valence-corrected chi connectivity index (χ3v) is 3.62. The molecule has 1 heterocycles. The molecule has 0 aromatic heterocycles. The van der Waals surface area contributed by atoms with Crippen LogP contribution in [0.15, 0.2) is 24.3 Å². The van der Waals surface area contributed by atoms with Crippen molar-refractivity contribution in [3.05, 3.63) is 29.3 Å². The van der Waals surface area contributed by atoms with Crippen molar-refractivity contribution in [1.82, 2.24) is 5.32 Å². The maximum atomic E-state index is 6.13. The smallest absolute Gasteiger partial charge is 0.138 e. The molecule has 2 nitrogen and oxygen atoms in total. The Labute approximate surface area is 108 Å². The topological polar surface area (TPSA) is 21.3 Å². The predicted octanol–water partition coefficient (Wildman–Crippen LogP) is 3.50. The van der Waals surface area contributed by atoms with Gasteiger partial charge in [-0.1, -0.05) is 37.1 Å². The molecular formula is C14H20ClNO. The zero-order valence-corrected chi connectivity index (χ0v) is 11.0. The van der Waals surface area contributed by atoms with Gasteiger partial charge in [0.1, 0.15) is 11.9 Å². The molecule has 0 spiro atoms. The molecule has 1 aromatic rings. The lowest BCUT2D eigenvalue weighted by Gasteiger charge is -2.24. The zero-order valence-electron chi connectivity index (χ0n) is 10.3. The third kappa shape index (κ3) is 3.36. The van der Waals surface area contributed by atoms with Gasteiger partial charge in [-0.3, -0.25) is 0 Å². The fourth-order valence-electron chi connectivity index (χ4n) is 2.37. The number of halogens is 1. The maximum Gasteiger partial charge on any atom is 0.138 e. The summed E-state index contributed by atoms with van der Waals surface area (Å²) < 4.78 is 6.10. The van der Waals surface area contributed by atoms with E-state index in [1.165, 1.54) is 6.42 Å². The minimum Gasteiger partial charge on any atom is -0.489 e. The molecule has 3 heteroatoms. The Hall–Kier alpha value is -0.730. The molecule has 2 rings (SSSR count). The highest BCUT2D eigenvalue weighted by atomic mass is 35.5. The molecule has 2 atom stereocenters. The molecule has 0 amide bonds. The van der Waals surface area contributed by atoms with E-state index in [0.29, 0.717) is 10.9 Å². The van der Waals surface area contributed by atoms with Crippen molar-refractivity contribution < 1.29 is 4.74 Å². The van der Waals surface area contributed by atoms with E-state index in [2.05, 4.69) is 12.2 Å². The first kappa shape index (κ1) is 12.7. The largest absolute Gasteiger partial charge is 0.489 e. The maximum absolute atomic E-state index is 6.13. The number of hydrogen-bond donors (Lipinski definition) is 1. The van der Waals surface area contributed by atoms with E-state index in [1.54, 1.807) is 0 Å². The van der Waals surface area contributed by atoms with Gasteiger partial charge in [-0.15, -0.1) is 0 Å². The van der Waals surface area contributed by atoms with E-state index in [9.17, 15) is 0 Å². The van der Waals surface area contributed by atoms with Gasteiger partial charge in [0.25, 0.3) is 0 Å². The van der Waals surface area contributed by atoms with Crippen LogP contribution in [-0.4, -0.2) is 19.2 Å². The second kappa shape index (κ2) is 6.27. The summed E-state index contributed by atoms with van der Waals surface area (Å²) in [6.07, 6.45) is 3.73. The number of hydrogen-bond acceptors (Lipinski definition) is 2. The van der Waals surface area contributed by atoms with Crippen LogP contribution in [0.5, 0.6) is 5.75 Å². The lowest BCUT2D eigenvalue weighted by molar-refractivity contribution is 0.132. The molecule has 0 radical (unpaired) electrons. The lowest BCUT2D eigenvalue weighted by Crippen LogP contribution is -2.28. The summed E-state index contributed by atoms with van der Waals surface area (Å²) >= 11 is 6.13. The van der Waals surface area contributed by atoms with Crippen LogP contribution in [0.1, 0.15) is 26.2 Å². The van der Waals surface area contributed by atoms with Crippen LogP contribution in [0.3, 0.4) is 0 Å². The first-order chi connectivity index (χ1) is 8.31. The van der Waals surface area contributed by atoms with Gasteiger partial charge in [0.2, 0.25) is 0 Å². The van der Waals surface area contributed by atoms with Crippen LogP contribution in [-0.2, 0) is 0 Å². The summed E-state index contributed by atoms with van der Waals surface area (Å²) in [6.45, 7) is 4.37. The fraction of sp³-hybridized carbons (Fsp3) is 0.571. The minimum absolute atomic E-state index is 0.287. The van der Waals surface area contributed by atoms with E-state index in [4.69, 9.17) is 16.3 Å². The normalized spacial score (nSPS) is 21.4. The Bertz CT molecular complexity index is 350. The molecule has 0 saturated carbocycles. The lowest BCUT2D eigenvalue weighted by atomic mass is 9.97. The number of ether oxygens (including phenoxy) is 1. The molecule has 0 bridgehead atoms. The van der Waals surface area contributed by atoms with Gasteiger partial charge in [0.05, 0.1) is 5.02 Å². The van der Waals surface area contributed by atoms with Gasteiger partial charge in [-0.2, -0.15) is 0 Å². The van der Waals surface area contributed by atoms with Crippen LogP contribution in [0.4, 0.5) is 0 Å². The quantitative estimate of drug-likeness (QED) is 0.867. The SMILES string of the molecule is CCC[C@H](Oc1ccccc1Cl)[C@H]1CCNC1. The predicted molar refractivity (Wildman–Crippen MR) is 71.8 cm³/mol. The van der Waals surface area contributed by atoms with Gasteiger partial charge in [-0.05, 0) is 31.5 Å².